The Kier molecular flexibility index (Phi) is 4.43. The molecular weight excluding hydrogens is 298 g/mol. The number of nitrogens with one attached hydrogen (secondary N) is 1. The zero-order valence-electron chi connectivity index (χ0n) is 12.5. The van der Waals surface area contributed by atoms with E-state index in [1.807, 2.05) is 18.2 Å². The molecule has 5 heteroatoms. The average molecular weight is 319 g/mol. The third-order valence-electron chi connectivity index (χ3n) is 4.80. The van der Waals surface area contributed by atoms with E-state index < -0.39 is 11.5 Å². The molecule has 3 rings (SSSR count). The number of carbonyl (C=O) groups is 2. The van der Waals surface area contributed by atoms with E-state index in [-0.39, 0.29) is 11.8 Å². The Morgan fingerprint density at radius 3 is 2.68 bits per heavy atom. The smallest absolute Gasteiger partial charge is 0.329 e. The molecule has 118 valence electrons. The van der Waals surface area contributed by atoms with E-state index in [2.05, 4.69) is 11.4 Å². The zero-order chi connectivity index (χ0) is 15.6. The Balaban J connectivity index is 1.81. The predicted octanol–water partition coefficient (Wildman–Crippen LogP) is 2.57. The normalized spacial score (nSPS) is 23.4. The van der Waals surface area contributed by atoms with Crippen LogP contribution in [0.3, 0.4) is 0 Å². The van der Waals surface area contributed by atoms with Crippen LogP contribution in [-0.2, 0) is 16.0 Å². The van der Waals surface area contributed by atoms with E-state index >= 15 is 0 Å². The maximum atomic E-state index is 12.8. The molecule has 1 amide bonds. The van der Waals surface area contributed by atoms with Gasteiger partial charge >= 0.3 is 5.97 Å². The topological polar surface area (TPSA) is 66.4 Å². The Morgan fingerprint density at radius 1 is 1.23 bits per heavy atom. The second-order valence-corrected chi connectivity index (χ2v) is 7.36. The van der Waals surface area contributed by atoms with Crippen LogP contribution < -0.4 is 5.32 Å². The minimum atomic E-state index is -1.07. The fourth-order valence-electron chi connectivity index (χ4n) is 3.46. The molecule has 1 heterocycles. The van der Waals surface area contributed by atoms with Crippen LogP contribution >= 0.6 is 11.8 Å². The summed E-state index contributed by atoms with van der Waals surface area (Å²) in [5.74, 6) is 0.337. The van der Waals surface area contributed by atoms with E-state index in [1.165, 1.54) is 5.56 Å². The molecule has 0 saturated carbocycles. The number of hydrogen-bond donors (Lipinski definition) is 2. The van der Waals surface area contributed by atoms with Gasteiger partial charge in [-0.05, 0) is 54.7 Å². The van der Waals surface area contributed by atoms with Gasteiger partial charge in [-0.3, -0.25) is 4.79 Å². The van der Waals surface area contributed by atoms with Crippen LogP contribution in [0.1, 0.15) is 42.7 Å². The van der Waals surface area contributed by atoms with Crippen molar-refractivity contribution >= 4 is 23.6 Å². The number of thioether (sulfide) groups is 1. The summed E-state index contributed by atoms with van der Waals surface area (Å²) in [4.78, 5) is 24.5. The number of fused-ring (bicyclic) bond motifs is 1. The summed E-state index contributed by atoms with van der Waals surface area (Å²) in [6.07, 6.45) is 3.79. The van der Waals surface area contributed by atoms with Gasteiger partial charge in [-0.15, -0.1) is 0 Å². The third-order valence-corrected chi connectivity index (χ3v) is 5.79. The second kappa shape index (κ2) is 6.32. The number of carbonyl (C=O) groups excluding carboxylic acids is 1. The molecule has 4 nitrogen and oxygen atoms in total. The van der Waals surface area contributed by atoms with E-state index in [0.29, 0.717) is 12.8 Å². The van der Waals surface area contributed by atoms with Crippen LogP contribution in [0.2, 0.25) is 0 Å². The van der Waals surface area contributed by atoms with E-state index in [0.717, 1.165) is 36.3 Å². The molecule has 0 spiro atoms. The molecule has 1 aliphatic carbocycles. The van der Waals surface area contributed by atoms with Gasteiger partial charge in [0.15, 0.2) is 0 Å². The first-order chi connectivity index (χ1) is 10.6. The molecule has 1 fully saturated rings. The standard InChI is InChI=1S/C17H21NO3S/c19-15(18-17(16(20)21)8-10-22-11-9-17)14-7-3-5-12-4-1-2-6-13(12)14/h1-2,4,6,14H,3,5,7-11H2,(H,18,19)(H,20,21)/t14-/m1/s1. The van der Waals surface area contributed by atoms with Crippen LogP contribution in [0.25, 0.3) is 0 Å². The van der Waals surface area contributed by atoms with Crippen LogP contribution in [-0.4, -0.2) is 34.0 Å². The van der Waals surface area contributed by atoms with Crippen LogP contribution in [0.15, 0.2) is 24.3 Å². The highest BCUT2D eigenvalue weighted by Gasteiger charge is 2.42. The summed E-state index contributed by atoms with van der Waals surface area (Å²) in [6, 6.07) is 8.02. The van der Waals surface area contributed by atoms with Crippen molar-refractivity contribution in [1.29, 1.82) is 0 Å². The lowest BCUT2D eigenvalue weighted by Gasteiger charge is -2.36. The van der Waals surface area contributed by atoms with Gasteiger partial charge in [0.05, 0.1) is 5.92 Å². The number of aliphatic carboxylic acids is 1. The number of carboxylic acids is 1. The number of amides is 1. The van der Waals surface area contributed by atoms with Crippen LogP contribution in [0, 0.1) is 0 Å². The highest BCUT2D eigenvalue weighted by molar-refractivity contribution is 7.99. The molecule has 0 radical (unpaired) electrons. The van der Waals surface area contributed by atoms with Gasteiger partial charge in [-0.2, -0.15) is 11.8 Å². The summed E-state index contributed by atoms with van der Waals surface area (Å²) in [5.41, 5.74) is 1.21. The maximum absolute atomic E-state index is 12.8. The van der Waals surface area contributed by atoms with Crippen molar-refractivity contribution in [3.05, 3.63) is 35.4 Å². The van der Waals surface area contributed by atoms with Crippen molar-refractivity contribution in [1.82, 2.24) is 5.32 Å². The molecule has 1 aromatic rings. The number of carboxylic acid groups (broad SMARTS) is 1. The molecule has 0 aromatic heterocycles. The predicted molar refractivity (Wildman–Crippen MR) is 87.2 cm³/mol. The van der Waals surface area contributed by atoms with Gasteiger partial charge in [-0.25, -0.2) is 4.79 Å². The number of rotatable bonds is 3. The van der Waals surface area contributed by atoms with Gasteiger partial charge in [0.2, 0.25) is 5.91 Å². The third kappa shape index (κ3) is 2.86. The first kappa shape index (κ1) is 15.4. The lowest BCUT2D eigenvalue weighted by Crippen LogP contribution is -2.57. The first-order valence-corrected chi connectivity index (χ1v) is 8.99. The quantitative estimate of drug-likeness (QED) is 0.898. The fourth-order valence-corrected chi connectivity index (χ4v) is 4.65. The molecule has 1 aliphatic heterocycles. The minimum absolute atomic E-state index is 0.124. The van der Waals surface area contributed by atoms with Gasteiger partial charge in [0.25, 0.3) is 0 Å². The van der Waals surface area contributed by atoms with Crippen molar-refractivity contribution in [3.63, 3.8) is 0 Å². The molecule has 2 aliphatic rings. The molecule has 1 saturated heterocycles. The summed E-state index contributed by atoms with van der Waals surface area (Å²) in [7, 11) is 0. The van der Waals surface area contributed by atoms with E-state index in [9.17, 15) is 14.7 Å². The summed E-state index contributed by atoms with van der Waals surface area (Å²) in [6.45, 7) is 0. The fraction of sp³-hybridized carbons (Fsp3) is 0.529. The summed E-state index contributed by atoms with van der Waals surface area (Å²) < 4.78 is 0. The number of hydrogen-bond acceptors (Lipinski definition) is 3. The Morgan fingerprint density at radius 2 is 1.95 bits per heavy atom. The maximum Gasteiger partial charge on any atom is 0.329 e. The van der Waals surface area contributed by atoms with Gasteiger partial charge in [0.1, 0.15) is 5.54 Å². The SMILES string of the molecule is O=C(NC1(C(=O)O)CCSCC1)[C@@H]1CCCc2ccccc21. The van der Waals surface area contributed by atoms with E-state index in [1.54, 1.807) is 11.8 Å². The van der Waals surface area contributed by atoms with E-state index in [4.69, 9.17) is 0 Å². The van der Waals surface area contributed by atoms with Crippen LogP contribution in [0.4, 0.5) is 0 Å². The Labute approximate surface area is 134 Å². The Bertz CT molecular complexity index is 581. The number of benzene rings is 1. The molecule has 2 N–H and O–H groups in total. The van der Waals surface area contributed by atoms with Crippen molar-refractivity contribution in [2.75, 3.05) is 11.5 Å². The Hall–Kier alpha value is -1.49. The molecular formula is C17H21NO3S. The average Bonchev–Trinajstić information content (AvgIpc) is 2.55. The summed E-state index contributed by atoms with van der Waals surface area (Å²) in [5, 5.41) is 12.5. The molecule has 1 atom stereocenters. The molecule has 0 bridgehead atoms. The van der Waals surface area contributed by atoms with Crippen LogP contribution in [0.5, 0.6) is 0 Å². The van der Waals surface area contributed by atoms with Gasteiger partial charge < -0.3 is 10.4 Å². The highest BCUT2D eigenvalue weighted by atomic mass is 32.2. The lowest BCUT2D eigenvalue weighted by atomic mass is 9.81. The minimum Gasteiger partial charge on any atom is -0.480 e. The number of aryl methyl sites for hydroxylation is 1. The molecule has 0 unspecified atom stereocenters. The van der Waals surface area contributed by atoms with Crippen molar-refractivity contribution in [2.24, 2.45) is 0 Å². The highest BCUT2D eigenvalue weighted by Crippen LogP contribution is 2.34. The largest absolute Gasteiger partial charge is 0.480 e. The zero-order valence-corrected chi connectivity index (χ0v) is 13.3. The summed E-state index contributed by atoms with van der Waals surface area (Å²) >= 11 is 1.75. The van der Waals surface area contributed by atoms with Gasteiger partial charge in [-0.1, -0.05) is 24.3 Å². The van der Waals surface area contributed by atoms with Gasteiger partial charge in [0, 0.05) is 0 Å². The van der Waals surface area contributed by atoms with Crippen molar-refractivity contribution < 1.29 is 14.7 Å². The molecule has 1 aromatic carbocycles. The lowest BCUT2D eigenvalue weighted by molar-refractivity contribution is -0.148. The van der Waals surface area contributed by atoms with Crippen molar-refractivity contribution in [3.8, 4) is 0 Å². The first-order valence-electron chi connectivity index (χ1n) is 7.83. The molecule has 22 heavy (non-hydrogen) atoms. The van der Waals surface area contributed by atoms with Crippen molar-refractivity contribution in [2.45, 2.75) is 43.6 Å². The monoisotopic (exact) mass is 319 g/mol. The second-order valence-electron chi connectivity index (χ2n) is 6.13.